The maximum Gasteiger partial charge on any atom is 0.270 e. The first-order valence-electron chi connectivity index (χ1n) is 12.0. The third-order valence-electron chi connectivity index (χ3n) is 6.56. The number of carbonyl (C=O) groups is 2. The van der Waals surface area contributed by atoms with Crippen LogP contribution in [-0.4, -0.2) is 76.9 Å². The molecule has 1 aromatic heterocycles. The smallest absolute Gasteiger partial charge is 0.270 e. The van der Waals surface area contributed by atoms with Crippen molar-refractivity contribution in [3.05, 3.63) is 71.9 Å². The van der Waals surface area contributed by atoms with Crippen LogP contribution in [0.3, 0.4) is 0 Å². The minimum absolute atomic E-state index is 0.0686. The van der Waals surface area contributed by atoms with Crippen LogP contribution >= 0.6 is 0 Å². The lowest BCUT2D eigenvalue weighted by atomic mass is 10.2. The molecule has 0 saturated carbocycles. The van der Waals surface area contributed by atoms with Gasteiger partial charge < -0.3 is 14.4 Å². The van der Waals surface area contributed by atoms with Gasteiger partial charge in [-0.25, -0.2) is 0 Å². The molecule has 0 radical (unpaired) electrons. The molecule has 2 amide bonds. The van der Waals surface area contributed by atoms with Gasteiger partial charge in [0.1, 0.15) is 5.69 Å². The predicted octanol–water partition coefficient (Wildman–Crippen LogP) is 3.71. The van der Waals surface area contributed by atoms with Gasteiger partial charge in [-0.3, -0.25) is 14.5 Å². The zero-order chi connectivity index (χ0) is 23.2. The van der Waals surface area contributed by atoms with E-state index in [2.05, 4.69) is 33.7 Å². The summed E-state index contributed by atoms with van der Waals surface area (Å²) in [4.78, 5) is 32.2. The summed E-state index contributed by atoms with van der Waals surface area (Å²) in [5.41, 5.74) is 2.98. The van der Waals surface area contributed by atoms with Crippen LogP contribution in [0.1, 0.15) is 36.3 Å². The van der Waals surface area contributed by atoms with E-state index in [1.165, 1.54) is 5.56 Å². The number of carbonyl (C=O) groups excluding carboxylic acids is 2. The lowest BCUT2D eigenvalue weighted by Crippen LogP contribution is -2.42. The molecule has 1 fully saturated rings. The highest BCUT2D eigenvalue weighted by Crippen LogP contribution is 2.23. The second-order valence-corrected chi connectivity index (χ2v) is 8.65. The van der Waals surface area contributed by atoms with E-state index in [0.717, 1.165) is 49.2 Å². The summed E-state index contributed by atoms with van der Waals surface area (Å²) in [5, 5.41) is 1.08. The van der Waals surface area contributed by atoms with Crippen LogP contribution < -0.4 is 0 Å². The summed E-state index contributed by atoms with van der Waals surface area (Å²) in [6.45, 7) is 9.49. The first kappa shape index (κ1) is 23.1. The molecule has 1 saturated heterocycles. The maximum atomic E-state index is 13.7. The first-order valence-corrected chi connectivity index (χ1v) is 12.0. The summed E-state index contributed by atoms with van der Waals surface area (Å²) in [6.07, 6.45) is 0.871. The average Bonchev–Trinajstić information content (AvgIpc) is 3.03. The van der Waals surface area contributed by atoms with Crippen molar-refractivity contribution in [2.75, 3.05) is 45.8 Å². The minimum Gasteiger partial charge on any atom is -0.342 e. The van der Waals surface area contributed by atoms with Crippen LogP contribution in [-0.2, 0) is 11.3 Å². The molecule has 6 heteroatoms. The number of nitrogens with zero attached hydrogens (tertiary/aromatic N) is 4. The van der Waals surface area contributed by atoms with Crippen molar-refractivity contribution in [2.45, 2.75) is 26.8 Å². The Bertz CT molecular complexity index is 1090. The number of hydrogen-bond acceptors (Lipinski definition) is 3. The monoisotopic (exact) mass is 446 g/mol. The molecule has 174 valence electrons. The predicted molar refractivity (Wildman–Crippen MR) is 132 cm³/mol. The van der Waals surface area contributed by atoms with E-state index in [9.17, 15) is 9.59 Å². The van der Waals surface area contributed by atoms with Gasteiger partial charge >= 0.3 is 0 Å². The van der Waals surface area contributed by atoms with E-state index in [1.807, 2.05) is 60.0 Å². The van der Waals surface area contributed by atoms with Crippen LogP contribution in [0.2, 0.25) is 0 Å². The standard InChI is InChI=1S/C27H34N4O2/c1-3-29(4-2)26(32)21-28-15-10-16-30(18-17-28)27(33)25-19-23-13-8-9-14-24(23)31(25)20-22-11-6-5-7-12-22/h5-9,11-14,19H,3-4,10,15-18,20-21H2,1-2H3. The van der Waals surface area contributed by atoms with Gasteiger partial charge in [-0.1, -0.05) is 48.5 Å². The zero-order valence-electron chi connectivity index (χ0n) is 19.7. The largest absolute Gasteiger partial charge is 0.342 e. The summed E-state index contributed by atoms with van der Waals surface area (Å²) in [6, 6.07) is 20.5. The Labute approximate surface area is 196 Å². The van der Waals surface area contributed by atoms with Crippen molar-refractivity contribution in [3.63, 3.8) is 0 Å². The van der Waals surface area contributed by atoms with E-state index in [0.29, 0.717) is 26.2 Å². The Kier molecular flexibility index (Phi) is 7.45. The van der Waals surface area contributed by atoms with Gasteiger partial charge in [-0.2, -0.15) is 0 Å². The van der Waals surface area contributed by atoms with Crippen molar-refractivity contribution in [3.8, 4) is 0 Å². The molecule has 0 aliphatic carbocycles. The SMILES string of the molecule is CCN(CC)C(=O)CN1CCCN(C(=O)c2cc3ccccc3n2Cc2ccccc2)CC1. The number of hydrogen-bond donors (Lipinski definition) is 0. The van der Waals surface area contributed by atoms with Gasteiger partial charge in [0.25, 0.3) is 5.91 Å². The molecule has 0 bridgehead atoms. The fourth-order valence-corrected chi connectivity index (χ4v) is 4.69. The summed E-state index contributed by atoms with van der Waals surface area (Å²) >= 11 is 0. The van der Waals surface area contributed by atoms with Gasteiger partial charge in [0.2, 0.25) is 5.91 Å². The lowest BCUT2D eigenvalue weighted by molar-refractivity contribution is -0.132. The van der Waals surface area contributed by atoms with Crippen LogP contribution in [0.4, 0.5) is 0 Å². The minimum atomic E-state index is 0.0686. The van der Waals surface area contributed by atoms with Gasteiger partial charge in [0.05, 0.1) is 6.54 Å². The number of rotatable bonds is 7. The molecule has 2 aromatic carbocycles. The lowest BCUT2D eigenvalue weighted by Gasteiger charge is -2.25. The van der Waals surface area contributed by atoms with E-state index in [4.69, 9.17) is 0 Å². The number of aromatic nitrogens is 1. The van der Waals surface area contributed by atoms with E-state index in [1.54, 1.807) is 0 Å². The molecule has 0 unspecified atom stereocenters. The number of fused-ring (bicyclic) bond motifs is 1. The fourth-order valence-electron chi connectivity index (χ4n) is 4.69. The average molecular weight is 447 g/mol. The molecule has 1 aliphatic heterocycles. The Balaban J connectivity index is 1.51. The highest BCUT2D eigenvalue weighted by molar-refractivity contribution is 5.99. The Morgan fingerprint density at radius 2 is 1.61 bits per heavy atom. The molecule has 0 N–H and O–H groups in total. The molecular weight excluding hydrogens is 412 g/mol. The van der Waals surface area contributed by atoms with E-state index in [-0.39, 0.29) is 11.8 Å². The molecule has 6 nitrogen and oxygen atoms in total. The van der Waals surface area contributed by atoms with Crippen LogP contribution in [0.15, 0.2) is 60.7 Å². The molecule has 4 rings (SSSR count). The Morgan fingerprint density at radius 3 is 2.36 bits per heavy atom. The van der Waals surface area contributed by atoms with Crippen molar-refractivity contribution in [1.82, 2.24) is 19.3 Å². The molecule has 2 heterocycles. The van der Waals surface area contributed by atoms with Gasteiger partial charge in [0, 0.05) is 56.7 Å². The van der Waals surface area contributed by atoms with Crippen molar-refractivity contribution in [2.24, 2.45) is 0 Å². The van der Waals surface area contributed by atoms with Crippen molar-refractivity contribution < 1.29 is 9.59 Å². The maximum absolute atomic E-state index is 13.7. The third kappa shape index (κ3) is 5.28. The van der Waals surface area contributed by atoms with Crippen LogP contribution in [0.25, 0.3) is 10.9 Å². The molecule has 0 atom stereocenters. The van der Waals surface area contributed by atoms with E-state index < -0.39 is 0 Å². The quantitative estimate of drug-likeness (QED) is 0.556. The summed E-state index contributed by atoms with van der Waals surface area (Å²) in [7, 11) is 0. The molecule has 33 heavy (non-hydrogen) atoms. The highest BCUT2D eigenvalue weighted by atomic mass is 16.2. The molecular formula is C27H34N4O2. The first-order chi connectivity index (χ1) is 16.1. The Morgan fingerprint density at radius 1 is 0.879 bits per heavy atom. The zero-order valence-corrected chi connectivity index (χ0v) is 19.7. The number of para-hydroxylation sites is 1. The number of benzene rings is 2. The molecule has 3 aromatic rings. The fraction of sp³-hybridized carbons (Fsp3) is 0.407. The van der Waals surface area contributed by atoms with Gasteiger partial charge in [-0.05, 0) is 38.0 Å². The number of likely N-dealkylation sites (N-methyl/N-ethyl adjacent to an activating group) is 1. The third-order valence-corrected chi connectivity index (χ3v) is 6.56. The van der Waals surface area contributed by atoms with Gasteiger partial charge in [-0.15, -0.1) is 0 Å². The summed E-state index contributed by atoms with van der Waals surface area (Å²) < 4.78 is 2.14. The van der Waals surface area contributed by atoms with Crippen LogP contribution in [0.5, 0.6) is 0 Å². The molecule has 1 aliphatic rings. The second kappa shape index (κ2) is 10.7. The van der Waals surface area contributed by atoms with Crippen LogP contribution in [0, 0.1) is 0 Å². The van der Waals surface area contributed by atoms with Gasteiger partial charge in [0.15, 0.2) is 0 Å². The van der Waals surface area contributed by atoms with Crippen molar-refractivity contribution >= 4 is 22.7 Å². The summed E-state index contributed by atoms with van der Waals surface area (Å²) in [5.74, 6) is 0.238. The Hall–Kier alpha value is -3.12. The highest BCUT2D eigenvalue weighted by Gasteiger charge is 2.25. The normalized spacial score (nSPS) is 14.9. The van der Waals surface area contributed by atoms with Crippen molar-refractivity contribution in [1.29, 1.82) is 0 Å². The molecule has 0 spiro atoms. The van der Waals surface area contributed by atoms with E-state index >= 15 is 0 Å². The topological polar surface area (TPSA) is 48.8 Å². The second-order valence-electron chi connectivity index (χ2n) is 8.65. The number of amides is 2.